The van der Waals surface area contributed by atoms with Crippen LogP contribution in [0.2, 0.25) is 0 Å². The molecule has 0 bridgehead atoms. The van der Waals surface area contributed by atoms with Crippen LogP contribution >= 0.6 is 0 Å². The van der Waals surface area contributed by atoms with Crippen LogP contribution in [-0.2, 0) is 34.3 Å². The average Bonchev–Trinajstić information content (AvgIpc) is 2.96. The fraction of sp³-hybridized carbons (Fsp3) is 0.207. The van der Waals surface area contributed by atoms with Crippen molar-refractivity contribution in [3.8, 4) is 45.4 Å². The molecule has 0 unspecified atom stereocenters. The third-order valence-electron chi connectivity index (χ3n) is 5.28. The van der Waals surface area contributed by atoms with Crippen molar-refractivity contribution in [2.45, 2.75) is 13.2 Å². The third kappa shape index (κ3) is 7.80. The van der Waals surface area contributed by atoms with Gasteiger partial charge in [0.2, 0.25) is 0 Å². The van der Waals surface area contributed by atoms with Crippen LogP contribution in [-0.4, -0.2) is 43.6 Å². The molecule has 0 saturated heterocycles. The van der Waals surface area contributed by atoms with Crippen LogP contribution in [0, 0.1) is 18.2 Å². The van der Waals surface area contributed by atoms with Crippen molar-refractivity contribution >= 4 is 0 Å². The van der Waals surface area contributed by atoms with E-state index < -0.39 is 0 Å². The summed E-state index contributed by atoms with van der Waals surface area (Å²) in [6.45, 7) is -0.159. The summed E-state index contributed by atoms with van der Waals surface area (Å²) in [4.78, 5) is 4.23. The Morgan fingerprint density at radius 2 is 1.41 bits per heavy atom. The van der Waals surface area contributed by atoms with Crippen molar-refractivity contribution in [1.82, 2.24) is 4.98 Å². The summed E-state index contributed by atoms with van der Waals surface area (Å²) in [5.74, 6) is 2.81. The van der Waals surface area contributed by atoms with E-state index in [1.165, 1.54) is 0 Å². The van der Waals surface area contributed by atoms with Crippen LogP contribution in [0.5, 0.6) is 23.0 Å². The Morgan fingerprint density at radius 3 is 2.03 bits per heavy atom. The molecule has 0 amide bonds. The van der Waals surface area contributed by atoms with E-state index in [0.717, 1.165) is 22.4 Å². The number of rotatable bonds is 8. The summed E-state index contributed by atoms with van der Waals surface area (Å²) < 4.78 is 20.8. The number of hydrogen-bond acceptors (Lipinski definition) is 7. The van der Waals surface area contributed by atoms with Gasteiger partial charge in [0.05, 0.1) is 35.0 Å². The molecule has 0 aliphatic carbocycles. The standard InChI is InChI=1S/C15H14O3.C14H14NO3.Pt/c1-16-12-6-4-5-11(9-12)14-8-7-13(17-2)10-15(14)18-3;1-18-12-2-3-13(11(7-12)9-17)14-6-10(8-16)4-5-15-14;/h4,6-7,9-10H,1-3H3;2,4-7,16-17H,8-9H2,1H3;/q-2;-1;. The largest absolute Gasteiger partial charge is 0.550 e. The molecule has 0 radical (unpaired) electrons. The molecular formula is C29H28NO6Pt-3. The molecule has 0 fully saturated rings. The zero-order valence-corrected chi connectivity index (χ0v) is 23.3. The van der Waals surface area contributed by atoms with Crippen LogP contribution in [0.3, 0.4) is 0 Å². The predicted molar refractivity (Wildman–Crippen MR) is 136 cm³/mol. The molecule has 0 aliphatic heterocycles. The maximum atomic E-state index is 9.37. The molecule has 4 rings (SSSR count). The quantitative estimate of drug-likeness (QED) is 0.265. The number of aliphatic hydroxyl groups excluding tert-OH is 2. The minimum atomic E-state index is -0.117. The molecule has 2 N–H and O–H groups in total. The van der Waals surface area contributed by atoms with E-state index >= 15 is 0 Å². The zero-order chi connectivity index (χ0) is 25.9. The molecule has 0 aliphatic rings. The number of hydrogen-bond donors (Lipinski definition) is 2. The summed E-state index contributed by atoms with van der Waals surface area (Å²) >= 11 is 0. The Morgan fingerprint density at radius 1 is 0.730 bits per heavy atom. The molecule has 0 atom stereocenters. The second-order valence-corrected chi connectivity index (χ2v) is 7.43. The minimum absolute atomic E-state index is 0. The molecule has 1 aromatic heterocycles. The van der Waals surface area contributed by atoms with Crippen molar-refractivity contribution in [3.05, 3.63) is 90.1 Å². The van der Waals surface area contributed by atoms with E-state index in [9.17, 15) is 5.11 Å². The fourth-order valence-electron chi connectivity index (χ4n) is 3.38. The van der Waals surface area contributed by atoms with Crippen LogP contribution in [0.1, 0.15) is 11.1 Å². The van der Waals surface area contributed by atoms with Crippen molar-refractivity contribution in [1.29, 1.82) is 0 Å². The SMILES string of the molecule is COc1c[c-]c(-c2cc(CO)ccn2)c(CO)c1.COc1cc[c-]c(-c2[c-]cc(OC)cc2OC)c1.[Pt]. The zero-order valence-electron chi connectivity index (χ0n) is 21.0. The van der Waals surface area contributed by atoms with Crippen molar-refractivity contribution < 1.29 is 50.2 Å². The first kappa shape index (κ1) is 29.8. The molecule has 0 saturated carbocycles. The van der Waals surface area contributed by atoms with Gasteiger partial charge in [0.25, 0.3) is 0 Å². The molecule has 4 aromatic rings. The number of nitrogens with zero attached hydrogens (tertiary/aromatic N) is 1. The third-order valence-corrected chi connectivity index (χ3v) is 5.28. The van der Waals surface area contributed by atoms with Gasteiger partial charge in [0.15, 0.2) is 0 Å². The van der Waals surface area contributed by atoms with Crippen LogP contribution in [0.15, 0.2) is 60.8 Å². The number of benzene rings is 3. The molecule has 3 aromatic carbocycles. The molecule has 8 heteroatoms. The number of aliphatic hydroxyl groups is 2. The topological polar surface area (TPSA) is 90.3 Å². The predicted octanol–water partition coefficient (Wildman–Crippen LogP) is 4.52. The van der Waals surface area contributed by atoms with Crippen LogP contribution in [0.25, 0.3) is 22.4 Å². The molecular weight excluding hydrogens is 653 g/mol. The molecule has 0 spiro atoms. The first-order valence-electron chi connectivity index (χ1n) is 11.0. The smallest absolute Gasteiger partial charge is 0.0750 e. The Kier molecular flexibility index (Phi) is 12.1. The Labute approximate surface area is 231 Å². The molecule has 198 valence electrons. The summed E-state index contributed by atoms with van der Waals surface area (Å²) in [7, 11) is 6.43. The van der Waals surface area contributed by atoms with Gasteiger partial charge < -0.3 is 34.1 Å². The number of aromatic nitrogens is 1. The maximum absolute atomic E-state index is 9.37. The van der Waals surface area contributed by atoms with Gasteiger partial charge in [-0.2, -0.15) is 23.8 Å². The average molecular weight is 682 g/mol. The Hall–Kier alpha value is -3.38. The van der Waals surface area contributed by atoms with E-state index in [0.29, 0.717) is 34.1 Å². The minimum Gasteiger partial charge on any atom is -0.550 e. The van der Waals surface area contributed by atoms with Gasteiger partial charge in [-0.3, -0.25) is 0 Å². The van der Waals surface area contributed by atoms with Gasteiger partial charge in [-0.25, -0.2) is 5.56 Å². The van der Waals surface area contributed by atoms with Crippen LogP contribution in [0.4, 0.5) is 0 Å². The molecule has 7 nitrogen and oxygen atoms in total. The summed E-state index contributed by atoms with van der Waals surface area (Å²) in [6, 6.07) is 25.4. The second-order valence-electron chi connectivity index (χ2n) is 7.43. The Balaban J connectivity index is 0.000000253. The number of methoxy groups -OCH3 is 4. The summed E-state index contributed by atoms with van der Waals surface area (Å²) in [5.41, 5.74) is 4.55. The summed E-state index contributed by atoms with van der Waals surface area (Å²) in [6.07, 6.45) is 1.63. The summed E-state index contributed by atoms with van der Waals surface area (Å²) in [5, 5.41) is 18.5. The van der Waals surface area contributed by atoms with Crippen molar-refractivity contribution in [3.63, 3.8) is 0 Å². The van der Waals surface area contributed by atoms with Crippen molar-refractivity contribution in [2.75, 3.05) is 28.4 Å². The second kappa shape index (κ2) is 15.0. The van der Waals surface area contributed by atoms with Gasteiger partial charge in [-0.1, -0.05) is 23.8 Å². The van der Waals surface area contributed by atoms with Gasteiger partial charge in [-0.15, -0.1) is 35.9 Å². The van der Waals surface area contributed by atoms with Gasteiger partial charge >= 0.3 is 0 Å². The van der Waals surface area contributed by atoms with E-state index in [-0.39, 0.29) is 34.3 Å². The van der Waals surface area contributed by atoms with Crippen LogP contribution < -0.4 is 18.9 Å². The van der Waals surface area contributed by atoms with E-state index in [4.69, 9.17) is 24.1 Å². The molecule has 1 heterocycles. The first-order valence-corrected chi connectivity index (χ1v) is 11.0. The normalized spacial score (nSPS) is 9.89. The molecule has 37 heavy (non-hydrogen) atoms. The van der Waals surface area contributed by atoms with E-state index in [2.05, 4.69) is 23.2 Å². The van der Waals surface area contributed by atoms with Gasteiger partial charge in [0.1, 0.15) is 0 Å². The number of ether oxygens (including phenoxy) is 4. The van der Waals surface area contributed by atoms with Crippen molar-refractivity contribution in [2.24, 2.45) is 0 Å². The number of pyridine rings is 1. The van der Waals surface area contributed by atoms with Gasteiger partial charge in [-0.05, 0) is 23.1 Å². The Bertz CT molecular complexity index is 1180. The fourth-order valence-corrected chi connectivity index (χ4v) is 3.38. The van der Waals surface area contributed by atoms with E-state index in [1.807, 2.05) is 24.3 Å². The van der Waals surface area contributed by atoms with E-state index in [1.54, 1.807) is 65.0 Å². The van der Waals surface area contributed by atoms with Gasteiger partial charge in [0, 0.05) is 51.1 Å². The monoisotopic (exact) mass is 681 g/mol. The maximum Gasteiger partial charge on any atom is 0.0750 e. The first-order chi connectivity index (χ1) is 17.6.